The minimum Gasteiger partial charge on any atom is -0.496 e. The number of methoxy groups -OCH3 is 1. The van der Waals surface area contributed by atoms with Crippen molar-refractivity contribution in [3.8, 4) is 5.75 Å². The topological polar surface area (TPSA) is 92.2 Å². The molecule has 2 aromatic rings. The number of piperidine rings is 1. The number of carbonyl (C=O) groups excluding carboxylic acids is 2. The molecule has 1 aromatic heterocycles. The molecular formula is C19H24ClN5O3S. The van der Waals surface area contributed by atoms with Crippen LogP contribution in [0, 0.1) is 10.7 Å². The number of carbonyl (C=O) groups is 2. The summed E-state index contributed by atoms with van der Waals surface area (Å²) in [4.78, 5) is 27.0. The molecule has 156 valence electrons. The van der Waals surface area contributed by atoms with E-state index in [0.29, 0.717) is 60.0 Å². The number of likely N-dealkylation sites (tertiary alicyclic amines) is 1. The highest BCUT2D eigenvalue weighted by molar-refractivity contribution is 7.71. The maximum atomic E-state index is 12.8. The molecule has 0 saturated carbocycles. The van der Waals surface area contributed by atoms with Crippen LogP contribution >= 0.6 is 23.8 Å². The van der Waals surface area contributed by atoms with Crippen LogP contribution in [0.4, 0.5) is 0 Å². The number of hydrogen-bond acceptors (Lipinski definition) is 5. The van der Waals surface area contributed by atoms with E-state index in [1.165, 1.54) is 7.11 Å². The standard InChI is InChI=1S/C19H24ClN5O3S/c1-24-16(22-23-19(24)29)5-8-21-17(26)12-6-9-25(10-7-12)18(27)14-11-13(20)3-4-15(14)28-2/h3-4,11-12H,5-10H2,1-2H3,(H,21,26)(H,23,29). The molecule has 1 aliphatic rings. The summed E-state index contributed by atoms with van der Waals surface area (Å²) in [6.07, 6.45) is 1.83. The van der Waals surface area contributed by atoms with Crippen molar-refractivity contribution in [3.63, 3.8) is 0 Å². The molecule has 1 fully saturated rings. The Morgan fingerprint density at radius 3 is 2.72 bits per heavy atom. The van der Waals surface area contributed by atoms with Crippen molar-refractivity contribution < 1.29 is 14.3 Å². The number of hydrogen-bond donors (Lipinski definition) is 2. The van der Waals surface area contributed by atoms with Gasteiger partial charge in [0.05, 0.1) is 12.7 Å². The molecule has 1 aromatic carbocycles. The Morgan fingerprint density at radius 2 is 2.10 bits per heavy atom. The fraction of sp³-hybridized carbons (Fsp3) is 0.474. The van der Waals surface area contributed by atoms with E-state index in [4.69, 9.17) is 28.6 Å². The molecule has 0 bridgehead atoms. The first-order valence-corrected chi connectivity index (χ1v) is 10.2. The van der Waals surface area contributed by atoms with E-state index in [0.717, 1.165) is 5.82 Å². The molecule has 1 saturated heterocycles. The molecule has 8 nitrogen and oxygen atoms in total. The third-order valence-corrected chi connectivity index (χ3v) is 5.77. The molecule has 10 heteroatoms. The monoisotopic (exact) mass is 437 g/mol. The van der Waals surface area contributed by atoms with E-state index in [2.05, 4.69) is 15.5 Å². The summed E-state index contributed by atoms with van der Waals surface area (Å²) in [5, 5.41) is 10.3. The second-order valence-corrected chi connectivity index (χ2v) is 7.78. The number of rotatable bonds is 6. The molecule has 2 N–H and O–H groups in total. The predicted molar refractivity (Wildman–Crippen MR) is 112 cm³/mol. The van der Waals surface area contributed by atoms with Crippen LogP contribution in [-0.4, -0.2) is 58.2 Å². The van der Waals surface area contributed by atoms with Crippen LogP contribution in [0.2, 0.25) is 5.02 Å². The summed E-state index contributed by atoms with van der Waals surface area (Å²) in [5.74, 6) is 1.06. The van der Waals surface area contributed by atoms with Gasteiger partial charge in [0.25, 0.3) is 5.91 Å². The Kier molecular flexibility index (Phi) is 6.92. The Balaban J connectivity index is 1.50. The molecule has 0 aliphatic carbocycles. The molecule has 3 rings (SSSR count). The molecule has 2 heterocycles. The van der Waals surface area contributed by atoms with Gasteiger partial charge in [-0.2, -0.15) is 5.10 Å². The highest BCUT2D eigenvalue weighted by Crippen LogP contribution is 2.26. The lowest BCUT2D eigenvalue weighted by atomic mass is 9.95. The van der Waals surface area contributed by atoms with Gasteiger partial charge in [-0.3, -0.25) is 14.7 Å². The van der Waals surface area contributed by atoms with Crippen molar-refractivity contribution in [2.75, 3.05) is 26.7 Å². The minimum absolute atomic E-state index is 0.00854. The zero-order valence-corrected chi connectivity index (χ0v) is 18.0. The highest BCUT2D eigenvalue weighted by atomic mass is 35.5. The van der Waals surface area contributed by atoms with Crippen LogP contribution < -0.4 is 10.1 Å². The second kappa shape index (κ2) is 9.41. The van der Waals surface area contributed by atoms with Crippen LogP contribution in [0.25, 0.3) is 0 Å². The lowest BCUT2D eigenvalue weighted by molar-refractivity contribution is -0.126. The molecule has 0 spiro atoms. The van der Waals surface area contributed by atoms with Crippen molar-refractivity contribution in [1.82, 2.24) is 25.0 Å². The van der Waals surface area contributed by atoms with Gasteiger partial charge in [0, 0.05) is 44.0 Å². The molecule has 0 unspecified atom stereocenters. The van der Waals surface area contributed by atoms with Crippen molar-refractivity contribution in [2.45, 2.75) is 19.3 Å². The van der Waals surface area contributed by atoms with Gasteiger partial charge in [-0.15, -0.1) is 0 Å². The van der Waals surface area contributed by atoms with Crippen LogP contribution in [0.3, 0.4) is 0 Å². The number of nitrogens with zero attached hydrogens (tertiary/aromatic N) is 3. The van der Waals surface area contributed by atoms with Crippen LogP contribution in [-0.2, 0) is 18.3 Å². The van der Waals surface area contributed by atoms with E-state index in [1.54, 1.807) is 27.7 Å². The zero-order chi connectivity index (χ0) is 21.0. The maximum Gasteiger partial charge on any atom is 0.257 e. The third kappa shape index (κ3) is 4.97. The maximum absolute atomic E-state index is 12.8. The fourth-order valence-corrected chi connectivity index (χ4v) is 3.73. The first-order chi connectivity index (χ1) is 13.9. The molecule has 0 atom stereocenters. The molecular weight excluding hydrogens is 414 g/mol. The van der Waals surface area contributed by atoms with Gasteiger partial charge < -0.3 is 19.5 Å². The lowest BCUT2D eigenvalue weighted by Crippen LogP contribution is -2.43. The lowest BCUT2D eigenvalue weighted by Gasteiger charge is -2.31. The quantitative estimate of drug-likeness (QED) is 0.677. The molecule has 0 radical (unpaired) electrons. The first kappa shape index (κ1) is 21.3. The van der Waals surface area contributed by atoms with Crippen LogP contribution in [0.1, 0.15) is 29.0 Å². The molecule has 1 aliphatic heterocycles. The zero-order valence-electron chi connectivity index (χ0n) is 16.4. The highest BCUT2D eigenvalue weighted by Gasteiger charge is 2.29. The number of H-pyrrole nitrogens is 1. The number of halogens is 1. The Morgan fingerprint density at radius 1 is 1.38 bits per heavy atom. The van der Waals surface area contributed by atoms with Crippen LogP contribution in [0.5, 0.6) is 5.75 Å². The summed E-state index contributed by atoms with van der Waals surface area (Å²) in [5.41, 5.74) is 0.441. The van der Waals surface area contributed by atoms with Gasteiger partial charge in [-0.1, -0.05) is 11.6 Å². The average Bonchev–Trinajstić information content (AvgIpc) is 3.05. The predicted octanol–water partition coefficient (Wildman–Crippen LogP) is 2.35. The SMILES string of the molecule is COc1ccc(Cl)cc1C(=O)N1CCC(C(=O)NCCc2n[nH]c(=S)n2C)CC1. The van der Waals surface area contributed by atoms with E-state index in [1.807, 2.05) is 7.05 Å². The van der Waals surface area contributed by atoms with Gasteiger partial charge >= 0.3 is 0 Å². The van der Waals surface area contributed by atoms with Gasteiger partial charge in [0.2, 0.25) is 5.91 Å². The Bertz CT molecular complexity index is 950. The number of nitrogens with one attached hydrogen (secondary N) is 2. The number of benzene rings is 1. The summed E-state index contributed by atoms with van der Waals surface area (Å²) in [7, 11) is 3.36. The number of aromatic amines is 1. The largest absolute Gasteiger partial charge is 0.496 e. The fourth-order valence-electron chi connectivity index (χ4n) is 3.41. The van der Waals surface area contributed by atoms with E-state index in [9.17, 15) is 9.59 Å². The van der Waals surface area contributed by atoms with Gasteiger partial charge in [-0.05, 0) is 43.3 Å². The van der Waals surface area contributed by atoms with E-state index in [-0.39, 0.29) is 17.7 Å². The number of aromatic nitrogens is 3. The third-order valence-electron chi connectivity index (χ3n) is 5.17. The Labute approximate surface area is 179 Å². The van der Waals surface area contributed by atoms with E-state index >= 15 is 0 Å². The summed E-state index contributed by atoms with van der Waals surface area (Å²) in [6, 6.07) is 4.99. The Hall–Kier alpha value is -2.39. The number of amides is 2. The second-order valence-electron chi connectivity index (χ2n) is 6.96. The van der Waals surface area contributed by atoms with Crippen molar-refractivity contribution >= 4 is 35.6 Å². The van der Waals surface area contributed by atoms with Crippen LogP contribution in [0.15, 0.2) is 18.2 Å². The molecule has 29 heavy (non-hydrogen) atoms. The smallest absolute Gasteiger partial charge is 0.257 e. The van der Waals surface area contributed by atoms with Gasteiger partial charge in [0.15, 0.2) is 4.77 Å². The van der Waals surface area contributed by atoms with Crippen molar-refractivity contribution in [2.24, 2.45) is 13.0 Å². The minimum atomic E-state index is -0.131. The first-order valence-electron chi connectivity index (χ1n) is 9.41. The van der Waals surface area contributed by atoms with Gasteiger partial charge in [-0.25, -0.2) is 0 Å². The summed E-state index contributed by atoms with van der Waals surface area (Å²) < 4.78 is 7.62. The summed E-state index contributed by atoms with van der Waals surface area (Å²) in [6.45, 7) is 1.52. The van der Waals surface area contributed by atoms with Gasteiger partial charge in [0.1, 0.15) is 11.6 Å². The normalized spacial score (nSPS) is 14.7. The van der Waals surface area contributed by atoms with Crippen molar-refractivity contribution in [3.05, 3.63) is 39.4 Å². The van der Waals surface area contributed by atoms with E-state index < -0.39 is 0 Å². The number of ether oxygens (including phenoxy) is 1. The van der Waals surface area contributed by atoms with Crippen molar-refractivity contribution in [1.29, 1.82) is 0 Å². The average molecular weight is 438 g/mol. The molecule has 2 amide bonds. The summed E-state index contributed by atoms with van der Waals surface area (Å²) >= 11 is 11.1.